The third kappa shape index (κ3) is 4.02. The maximum atomic E-state index is 12.0. The summed E-state index contributed by atoms with van der Waals surface area (Å²) in [6.07, 6.45) is 0.309. The Morgan fingerprint density at radius 3 is 2.95 bits per heavy atom. The van der Waals surface area contributed by atoms with Crippen molar-refractivity contribution in [2.24, 2.45) is 0 Å². The van der Waals surface area contributed by atoms with Gasteiger partial charge in [-0.05, 0) is 12.1 Å². The minimum absolute atomic E-state index is 0.0425. The van der Waals surface area contributed by atoms with Crippen LogP contribution in [-0.4, -0.2) is 43.0 Å². The lowest BCUT2D eigenvalue weighted by Crippen LogP contribution is -2.37. The molecule has 20 heavy (non-hydrogen) atoms. The van der Waals surface area contributed by atoms with Gasteiger partial charge in [-0.1, -0.05) is 23.2 Å². The van der Waals surface area contributed by atoms with Crippen molar-refractivity contribution in [3.63, 3.8) is 0 Å². The molecule has 1 fully saturated rings. The number of nitrogens with zero attached hydrogens (tertiary/aromatic N) is 1. The first-order valence-electron chi connectivity index (χ1n) is 6.18. The highest BCUT2D eigenvalue weighted by Crippen LogP contribution is 2.27. The van der Waals surface area contributed by atoms with E-state index in [9.17, 15) is 9.59 Å². The van der Waals surface area contributed by atoms with Crippen molar-refractivity contribution >= 4 is 35.0 Å². The first-order valence-corrected chi connectivity index (χ1v) is 6.94. The van der Waals surface area contributed by atoms with Gasteiger partial charge in [0.05, 0.1) is 5.02 Å². The van der Waals surface area contributed by atoms with Gasteiger partial charge in [-0.2, -0.15) is 0 Å². The number of amides is 2. The van der Waals surface area contributed by atoms with Crippen LogP contribution in [-0.2, 0) is 9.59 Å². The smallest absolute Gasteiger partial charge is 0.260 e. The summed E-state index contributed by atoms with van der Waals surface area (Å²) in [5, 5.41) is 3.59. The van der Waals surface area contributed by atoms with Crippen molar-refractivity contribution in [2.45, 2.75) is 6.42 Å². The Balaban J connectivity index is 1.91. The summed E-state index contributed by atoms with van der Waals surface area (Å²) < 4.78 is 5.39. The summed E-state index contributed by atoms with van der Waals surface area (Å²) >= 11 is 11.8. The average molecular weight is 317 g/mol. The van der Waals surface area contributed by atoms with Crippen molar-refractivity contribution in [2.75, 3.05) is 26.2 Å². The van der Waals surface area contributed by atoms with Gasteiger partial charge in [-0.3, -0.25) is 9.59 Å². The number of hydrogen-bond donors (Lipinski definition) is 1. The molecule has 1 heterocycles. The van der Waals surface area contributed by atoms with Gasteiger partial charge in [0, 0.05) is 37.1 Å². The van der Waals surface area contributed by atoms with E-state index in [1.807, 2.05) is 0 Å². The van der Waals surface area contributed by atoms with E-state index in [1.54, 1.807) is 23.1 Å². The molecule has 1 aliphatic rings. The number of hydrogen-bond acceptors (Lipinski definition) is 3. The first kappa shape index (κ1) is 14.9. The Morgan fingerprint density at radius 2 is 2.15 bits per heavy atom. The quantitative estimate of drug-likeness (QED) is 0.923. The normalized spacial score (nSPS) is 15.5. The van der Waals surface area contributed by atoms with Crippen molar-refractivity contribution in [3.05, 3.63) is 28.2 Å². The molecule has 0 unspecified atom stereocenters. The van der Waals surface area contributed by atoms with Gasteiger partial charge in [0.25, 0.3) is 5.91 Å². The van der Waals surface area contributed by atoms with E-state index in [0.29, 0.717) is 41.8 Å². The molecule has 108 valence electrons. The number of ether oxygens (including phenoxy) is 1. The number of carbonyl (C=O) groups excluding carboxylic acids is 2. The van der Waals surface area contributed by atoms with E-state index in [-0.39, 0.29) is 18.4 Å². The molecule has 1 aromatic rings. The van der Waals surface area contributed by atoms with E-state index >= 15 is 0 Å². The lowest BCUT2D eigenvalue weighted by atomic mass is 10.3. The van der Waals surface area contributed by atoms with Gasteiger partial charge in [0.2, 0.25) is 5.91 Å². The molecular weight excluding hydrogens is 303 g/mol. The van der Waals surface area contributed by atoms with E-state index < -0.39 is 0 Å². The van der Waals surface area contributed by atoms with Gasteiger partial charge in [0.15, 0.2) is 6.61 Å². The Labute approximate surface area is 126 Å². The van der Waals surface area contributed by atoms with Gasteiger partial charge in [0.1, 0.15) is 5.75 Å². The summed E-state index contributed by atoms with van der Waals surface area (Å²) in [7, 11) is 0. The van der Waals surface area contributed by atoms with Gasteiger partial charge >= 0.3 is 0 Å². The molecule has 5 nitrogen and oxygen atoms in total. The number of nitrogens with one attached hydrogen (secondary N) is 1. The Morgan fingerprint density at radius 1 is 1.35 bits per heavy atom. The van der Waals surface area contributed by atoms with E-state index in [4.69, 9.17) is 27.9 Å². The fourth-order valence-corrected chi connectivity index (χ4v) is 2.17. The van der Waals surface area contributed by atoms with Gasteiger partial charge in [-0.15, -0.1) is 0 Å². The number of carbonyl (C=O) groups is 2. The molecule has 0 spiro atoms. The average Bonchev–Trinajstić information content (AvgIpc) is 2.64. The van der Waals surface area contributed by atoms with Crippen molar-refractivity contribution < 1.29 is 14.3 Å². The molecule has 0 saturated carbocycles. The van der Waals surface area contributed by atoms with Crippen LogP contribution in [0.3, 0.4) is 0 Å². The van der Waals surface area contributed by atoms with Crippen LogP contribution in [0.15, 0.2) is 18.2 Å². The van der Waals surface area contributed by atoms with Crippen molar-refractivity contribution in [1.29, 1.82) is 0 Å². The van der Waals surface area contributed by atoms with Gasteiger partial charge < -0.3 is 15.0 Å². The lowest BCUT2D eigenvalue weighted by Gasteiger charge is -2.19. The standard InChI is InChI=1S/C13H14Cl2N2O3/c14-9-1-2-10(15)11(7-9)20-8-13(19)17-5-3-12(18)16-4-6-17/h1-2,7H,3-6,8H2,(H,16,18). The third-order valence-corrected chi connectivity index (χ3v) is 3.46. The first-order chi connectivity index (χ1) is 9.56. The predicted octanol–water partition coefficient (Wildman–Crippen LogP) is 1.72. The highest BCUT2D eigenvalue weighted by molar-refractivity contribution is 6.34. The van der Waals surface area contributed by atoms with Crippen LogP contribution in [0.1, 0.15) is 6.42 Å². The molecule has 0 aromatic heterocycles. The maximum absolute atomic E-state index is 12.0. The summed E-state index contributed by atoms with van der Waals surface area (Å²) in [5.74, 6) is 0.146. The Bertz CT molecular complexity index is 522. The van der Waals surface area contributed by atoms with Crippen LogP contribution in [0.5, 0.6) is 5.75 Å². The third-order valence-electron chi connectivity index (χ3n) is 2.91. The molecule has 0 aliphatic carbocycles. The van der Waals surface area contributed by atoms with Gasteiger partial charge in [-0.25, -0.2) is 0 Å². The van der Waals surface area contributed by atoms with Crippen molar-refractivity contribution in [3.8, 4) is 5.75 Å². The molecule has 1 aliphatic heterocycles. The van der Waals surface area contributed by atoms with E-state index in [1.165, 1.54) is 0 Å². The fraction of sp³-hybridized carbons (Fsp3) is 0.385. The summed E-state index contributed by atoms with van der Waals surface area (Å²) in [6, 6.07) is 4.81. The molecule has 0 atom stereocenters. The van der Waals surface area contributed by atoms with Crippen LogP contribution >= 0.6 is 23.2 Å². The highest BCUT2D eigenvalue weighted by atomic mass is 35.5. The summed E-state index contributed by atoms with van der Waals surface area (Å²) in [6.45, 7) is 1.21. The molecular formula is C13H14Cl2N2O3. The largest absolute Gasteiger partial charge is 0.482 e. The zero-order valence-corrected chi connectivity index (χ0v) is 12.2. The monoisotopic (exact) mass is 316 g/mol. The zero-order valence-electron chi connectivity index (χ0n) is 10.7. The van der Waals surface area contributed by atoms with E-state index in [0.717, 1.165) is 0 Å². The number of benzene rings is 1. The van der Waals surface area contributed by atoms with E-state index in [2.05, 4.69) is 5.32 Å². The minimum atomic E-state index is -0.183. The molecule has 1 aromatic carbocycles. The fourth-order valence-electron chi connectivity index (χ4n) is 1.83. The molecule has 2 rings (SSSR count). The Kier molecular flexibility index (Phi) is 5.09. The SMILES string of the molecule is O=C1CCN(C(=O)COc2cc(Cl)ccc2Cl)CCN1. The van der Waals surface area contributed by atoms with Crippen LogP contribution in [0.25, 0.3) is 0 Å². The summed E-state index contributed by atoms with van der Waals surface area (Å²) in [4.78, 5) is 24.8. The lowest BCUT2D eigenvalue weighted by molar-refractivity contribution is -0.133. The second-order valence-electron chi connectivity index (χ2n) is 4.34. The molecule has 0 radical (unpaired) electrons. The highest BCUT2D eigenvalue weighted by Gasteiger charge is 2.19. The van der Waals surface area contributed by atoms with Crippen LogP contribution in [0, 0.1) is 0 Å². The molecule has 1 N–H and O–H groups in total. The minimum Gasteiger partial charge on any atom is -0.482 e. The number of halogens is 2. The zero-order chi connectivity index (χ0) is 14.5. The maximum Gasteiger partial charge on any atom is 0.260 e. The molecule has 0 bridgehead atoms. The second-order valence-corrected chi connectivity index (χ2v) is 5.19. The Hall–Kier alpha value is -1.46. The van der Waals surface area contributed by atoms with Crippen molar-refractivity contribution in [1.82, 2.24) is 10.2 Å². The topological polar surface area (TPSA) is 58.6 Å². The molecule has 2 amide bonds. The number of rotatable bonds is 3. The molecule has 1 saturated heterocycles. The molecule has 7 heteroatoms. The van der Waals surface area contributed by atoms with Crippen LogP contribution in [0.4, 0.5) is 0 Å². The second kappa shape index (κ2) is 6.81. The van der Waals surface area contributed by atoms with Crippen LogP contribution in [0.2, 0.25) is 10.0 Å². The summed E-state index contributed by atoms with van der Waals surface area (Å²) in [5.41, 5.74) is 0. The predicted molar refractivity (Wildman–Crippen MR) is 76.2 cm³/mol. The van der Waals surface area contributed by atoms with Crippen LogP contribution < -0.4 is 10.1 Å².